The Bertz CT molecular complexity index is 721. The fourth-order valence-electron chi connectivity index (χ4n) is 1.50. The van der Waals surface area contributed by atoms with Crippen LogP contribution in [0.2, 0.25) is 0 Å². The van der Waals surface area contributed by atoms with Gasteiger partial charge in [-0.2, -0.15) is 5.10 Å². The minimum Gasteiger partial charge on any atom is -0.465 e. The number of aromatic nitrogens is 2. The van der Waals surface area contributed by atoms with Gasteiger partial charge in [0.2, 0.25) is 0 Å². The lowest BCUT2D eigenvalue weighted by Crippen LogP contribution is -2.14. The summed E-state index contributed by atoms with van der Waals surface area (Å²) in [7, 11) is -2.56. The number of hydrogen-bond acceptors (Lipinski definition) is 6. The van der Waals surface area contributed by atoms with Crippen LogP contribution in [0, 0.1) is 0 Å². The van der Waals surface area contributed by atoms with E-state index in [0.29, 0.717) is 11.3 Å². The summed E-state index contributed by atoms with van der Waals surface area (Å²) in [5, 5.41) is 5.89. The smallest absolute Gasteiger partial charge is 0.337 e. The molecule has 9 heteroatoms. The second-order valence-corrected chi connectivity index (χ2v) is 5.47. The van der Waals surface area contributed by atoms with Crippen molar-refractivity contribution in [3.63, 3.8) is 0 Å². The lowest BCUT2D eigenvalue weighted by molar-refractivity contribution is 0.0601. The van der Waals surface area contributed by atoms with Gasteiger partial charge in [-0.3, -0.25) is 9.82 Å². The molecule has 0 saturated heterocycles. The van der Waals surface area contributed by atoms with Crippen molar-refractivity contribution in [2.24, 2.45) is 0 Å². The average molecular weight is 296 g/mol. The van der Waals surface area contributed by atoms with Gasteiger partial charge < -0.3 is 10.5 Å². The van der Waals surface area contributed by atoms with Gasteiger partial charge in [0.25, 0.3) is 10.0 Å². The third-order valence-electron chi connectivity index (χ3n) is 2.48. The van der Waals surface area contributed by atoms with Gasteiger partial charge in [-0.25, -0.2) is 13.2 Å². The maximum absolute atomic E-state index is 12.0. The Kier molecular flexibility index (Phi) is 3.61. The predicted molar refractivity (Wildman–Crippen MR) is 71.6 cm³/mol. The number of nitrogens with two attached hydrogens (primary N) is 1. The van der Waals surface area contributed by atoms with Gasteiger partial charge in [0, 0.05) is 5.69 Å². The van der Waals surface area contributed by atoms with Crippen molar-refractivity contribution in [1.29, 1.82) is 0 Å². The Labute approximate surface area is 115 Å². The topological polar surface area (TPSA) is 127 Å². The third kappa shape index (κ3) is 2.72. The van der Waals surface area contributed by atoms with E-state index in [-0.39, 0.29) is 10.7 Å². The minimum absolute atomic E-state index is 0.0521. The fraction of sp³-hybridized carbons (Fsp3) is 0.0909. The summed E-state index contributed by atoms with van der Waals surface area (Å²) in [5.74, 6) is -0.554. The highest BCUT2D eigenvalue weighted by molar-refractivity contribution is 7.92. The molecule has 0 spiro atoms. The first-order chi connectivity index (χ1) is 9.44. The number of H-pyrrole nitrogens is 1. The zero-order valence-electron chi connectivity index (χ0n) is 10.5. The number of methoxy groups -OCH3 is 1. The third-order valence-corrected chi connectivity index (χ3v) is 3.89. The van der Waals surface area contributed by atoms with Gasteiger partial charge in [0.1, 0.15) is 10.7 Å². The fourth-order valence-corrected chi connectivity index (χ4v) is 2.58. The summed E-state index contributed by atoms with van der Waals surface area (Å²) in [5.41, 5.74) is 6.07. The molecule has 0 saturated carbocycles. The van der Waals surface area contributed by atoms with Crippen molar-refractivity contribution in [1.82, 2.24) is 10.2 Å². The molecule has 4 N–H and O–H groups in total. The molecular weight excluding hydrogens is 284 g/mol. The van der Waals surface area contributed by atoms with Crippen LogP contribution in [0.1, 0.15) is 10.4 Å². The molecule has 0 radical (unpaired) electrons. The van der Waals surface area contributed by atoms with E-state index in [1.165, 1.54) is 31.4 Å². The van der Waals surface area contributed by atoms with Crippen molar-refractivity contribution in [2.75, 3.05) is 17.6 Å². The molecule has 1 heterocycles. The van der Waals surface area contributed by atoms with Gasteiger partial charge in [-0.15, -0.1) is 0 Å². The quantitative estimate of drug-likeness (QED) is 0.708. The Morgan fingerprint density at radius 1 is 1.35 bits per heavy atom. The minimum atomic E-state index is -3.82. The first kappa shape index (κ1) is 13.9. The van der Waals surface area contributed by atoms with E-state index < -0.39 is 16.0 Å². The van der Waals surface area contributed by atoms with Crippen LogP contribution in [0.25, 0.3) is 0 Å². The summed E-state index contributed by atoms with van der Waals surface area (Å²) in [6.07, 6.45) is 1.11. The van der Waals surface area contributed by atoms with Gasteiger partial charge in [-0.1, -0.05) is 0 Å². The number of nitrogen functional groups attached to an aromatic ring is 1. The van der Waals surface area contributed by atoms with Crippen LogP contribution in [-0.4, -0.2) is 31.7 Å². The summed E-state index contributed by atoms with van der Waals surface area (Å²) >= 11 is 0. The molecule has 0 aliphatic rings. The average Bonchev–Trinajstić information content (AvgIpc) is 2.85. The van der Waals surface area contributed by atoms with Crippen LogP contribution < -0.4 is 10.5 Å². The standard InChI is InChI=1S/C11H12N4O4S/c1-19-11(16)7-2-4-8(5-3-7)15-20(17,18)9-6-13-14-10(9)12/h2-6,15H,1H3,(H3,12,13,14). The molecule has 0 amide bonds. The molecule has 0 aliphatic heterocycles. The monoisotopic (exact) mass is 296 g/mol. The van der Waals surface area contributed by atoms with Gasteiger partial charge in [0.15, 0.2) is 0 Å². The molecule has 2 rings (SSSR count). The Balaban J connectivity index is 2.22. The predicted octanol–water partition coefficient (Wildman–Crippen LogP) is 0.579. The Morgan fingerprint density at radius 3 is 2.50 bits per heavy atom. The van der Waals surface area contributed by atoms with Gasteiger partial charge in [-0.05, 0) is 24.3 Å². The molecule has 20 heavy (non-hydrogen) atoms. The van der Waals surface area contributed by atoms with E-state index in [0.717, 1.165) is 6.20 Å². The second-order valence-electron chi connectivity index (χ2n) is 3.82. The molecule has 8 nitrogen and oxygen atoms in total. The second kappa shape index (κ2) is 5.21. The molecule has 1 aromatic heterocycles. The number of aromatic amines is 1. The molecule has 0 bridgehead atoms. The number of esters is 1. The molecule has 0 unspecified atom stereocenters. The van der Waals surface area contributed by atoms with E-state index in [4.69, 9.17) is 5.73 Å². The number of nitrogens with zero attached hydrogens (tertiary/aromatic N) is 1. The van der Waals surface area contributed by atoms with Crippen molar-refractivity contribution in [3.05, 3.63) is 36.0 Å². The van der Waals surface area contributed by atoms with Crippen LogP contribution >= 0.6 is 0 Å². The number of rotatable bonds is 4. The number of hydrogen-bond donors (Lipinski definition) is 3. The normalized spacial score (nSPS) is 11.1. The molecule has 0 atom stereocenters. The number of nitrogens with one attached hydrogen (secondary N) is 2. The van der Waals surface area contributed by atoms with E-state index >= 15 is 0 Å². The number of benzene rings is 1. The number of carbonyl (C=O) groups is 1. The lowest BCUT2D eigenvalue weighted by atomic mass is 10.2. The van der Waals surface area contributed by atoms with Crippen molar-refractivity contribution in [3.8, 4) is 0 Å². The number of carbonyl (C=O) groups excluding carboxylic acids is 1. The Hall–Kier alpha value is -2.55. The highest BCUT2D eigenvalue weighted by atomic mass is 32.2. The molecule has 0 fully saturated rings. The number of anilines is 2. The zero-order chi connectivity index (χ0) is 14.8. The van der Waals surface area contributed by atoms with Gasteiger partial charge >= 0.3 is 5.97 Å². The summed E-state index contributed by atoms with van der Waals surface area (Å²) in [6.45, 7) is 0. The van der Waals surface area contributed by atoms with E-state index in [1.54, 1.807) is 0 Å². The summed E-state index contributed by atoms with van der Waals surface area (Å²) < 4.78 is 30.9. The number of sulfonamides is 1. The molecule has 2 aromatic rings. The van der Waals surface area contributed by atoms with Crippen molar-refractivity contribution >= 4 is 27.5 Å². The van der Waals surface area contributed by atoms with Gasteiger partial charge in [0.05, 0.1) is 18.9 Å². The van der Waals surface area contributed by atoms with Crippen LogP contribution in [0.15, 0.2) is 35.4 Å². The highest BCUT2D eigenvalue weighted by Gasteiger charge is 2.19. The molecular formula is C11H12N4O4S. The summed E-state index contributed by atoms with van der Waals surface area (Å²) in [6, 6.07) is 5.78. The highest BCUT2D eigenvalue weighted by Crippen LogP contribution is 2.19. The van der Waals surface area contributed by atoms with E-state index in [2.05, 4.69) is 19.7 Å². The van der Waals surface area contributed by atoms with Crippen molar-refractivity contribution < 1.29 is 17.9 Å². The van der Waals surface area contributed by atoms with Crippen LogP contribution in [0.4, 0.5) is 11.5 Å². The van der Waals surface area contributed by atoms with E-state index in [9.17, 15) is 13.2 Å². The van der Waals surface area contributed by atoms with E-state index in [1.807, 2.05) is 0 Å². The molecule has 0 aliphatic carbocycles. The van der Waals surface area contributed by atoms with Crippen LogP contribution in [0.3, 0.4) is 0 Å². The zero-order valence-corrected chi connectivity index (χ0v) is 11.3. The SMILES string of the molecule is COC(=O)c1ccc(NS(=O)(=O)c2cn[nH]c2N)cc1. The van der Waals surface area contributed by atoms with Crippen molar-refractivity contribution in [2.45, 2.75) is 4.90 Å². The molecule has 1 aromatic carbocycles. The maximum Gasteiger partial charge on any atom is 0.337 e. The van der Waals surface area contributed by atoms with Crippen LogP contribution in [0.5, 0.6) is 0 Å². The summed E-state index contributed by atoms with van der Waals surface area (Å²) in [4.78, 5) is 11.1. The first-order valence-electron chi connectivity index (χ1n) is 5.44. The first-order valence-corrected chi connectivity index (χ1v) is 6.92. The van der Waals surface area contributed by atoms with Crippen LogP contribution in [-0.2, 0) is 14.8 Å². The maximum atomic E-state index is 12.0. The lowest BCUT2D eigenvalue weighted by Gasteiger charge is -2.07. The molecule has 106 valence electrons. The number of ether oxygens (including phenoxy) is 1. The largest absolute Gasteiger partial charge is 0.465 e. The Morgan fingerprint density at radius 2 is 2.00 bits per heavy atom.